The van der Waals surface area contributed by atoms with Gasteiger partial charge in [0.2, 0.25) is 0 Å². The summed E-state index contributed by atoms with van der Waals surface area (Å²) in [4.78, 5) is 30.5. The smallest absolute Gasteiger partial charge is 0.443 e. The number of amides is 1. The summed E-state index contributed by atoms with van der Waals surface area (Å²) in [5.41, 5.74) is 2.09. The van der Waals surface area contributed by atoms with Crippen LogP contribution in [0.25, 0.3) is 0 Å². The molecule has 2 aromatic rings. The number of ether oxygens (including phenoxy) is 1. The zero-order valence-electron chi connectivity index (χ0n) is 16.0. The number of carbonyl (C=O) groups excluding carboxylic acids is 2. The third-order valence-corrected chi connectivity index (χ3v) is 4.62. The van der Waals surface area contributed by atoms with Crippen LogP contribution in [0.1, 0.15) is 24.5 Å². The van der Waals surface area contributed by atoms with Crippen LogP contribution in [0, 0.1) is 5.92 Å². The largest absolute Gasteiger partial charge is 0.445 e. The number of benzene rings is 2. The van der Waals surface area contributed by atoms with Crippen molar-refractivity contribution in [3.63, 3.8) is 0 Å². The fourth-order valence-electron chi connectivity index (χ4n) is 3.15. The van der Waals surface area contributed by atoms with Gasteiger partial charge in [0.1, 0.15) is 12.6 Å². The van der Waals surface area contributed by atoms with Crippen molar-refractivity contribution < 1.29 is 19.2 Å². The average Bonchev–Trinajstić information content (AvgIpc) is 3.06. The van der Waals surface area contributed by atoms with Crippen molar-refractivity contribution in [2.24, 2.45) is 5.92 Å². The molecule has 1 aliphatic heterocycles. The van der Waals surface area contributed by atoms with Crippen LogP contribution < -0.4 is 0 Å². The van der Waals surface area contributed by atoms with E-state index in [1.165, 1.54) is 0 Å². The first kappa shape index (κ1) is 19.7. The molecule has 0 aromatic heterocycles. The minimum absolute atomic E-state index is 0.204. The van der Waals surface area contributed by atoms with E-state index < -0.39 is 18.0 Å². The molecule has 0 saturated carbocycles. The van der Waals surface area contributed by atoms with Crippen molar-refractivity contribution >= 4 is 12.1 Å². The maximum absolute atomic E-state index is 12.8. The number of rotatable bonds is 8. The maximum atomic E-state index is 12.8. The van der Waals surface area contributed by atoms with E-state index in [1.54, 1.807) is 0 Å². The van der Waals surface area contributed by atoms with Crippen LogP contribution in [0.4, 0.5) is 4.79 Å². The molecule has 28 heavy (non-hydrogen) atoms. The molecule has 0 unspecified atom stereocenters. The van der Waals surface area contributed by atoms with Gasteiger partial charge in [0, 0.05) is 0 Å². The summed E-state index contributed by atoms with van der Waals surface area (Å²) in [5, 5.41) is 1.09. The molecule has 0 N–H and O–H groups in total. The van der Waals surface area contributed by atoms with Gasteiger partial charge >= 0.3 is 12.1 Å². The summed E-state index contributed by atoms with van der Waals surface area (Å²) in [5.74, 6) is -0.918. The predicted octanol–water partition coefficient (Wildman–Crippen LogP) is 4.33. The second kappa shape index (κ2) is 9.74. The van der Waals surface area contributed by atoms with Gasteiger partial charge in [-0.3, -0.25) is 0 Å². The normalized spacial score (nSPS) is 17.5. The van der Waals surface area contributed by atoms with E-state index >= 15 is 0 Å². The van der Waals surface area contributed by atoms with Crippen LogP contribution in [0.5, 0.6) is 0 Å². The molecule has 3 rings (SSSR count). The highest BCUT2D eigenvalue weighted by molar-refractivity contribution is 5.77. The van der Waals surface area contributed by atoms with Crippen LogP contribution in [0.15, 0.2) is 72.8 Å². The third-order valence-electron chi connectivity index (χ3n) is 4.62. The molecule has 0 bridgehead atoms. The molecule has 146 valence electrons. The second-order valence-corrected chi connectivity index (χ2v) is 6.79. The van der Waals surface area contributed by atoms with Crippen molar-refractivity contribution in [1.82, 2.24) is 5.06 Å². The van der Waals surface area contributed by atoms with Crippen molar-refractivity contribution in [3.05, 3.63) is 83.9 Å². The number of cyclic esters (lactones) is 1. The lowest BCUT2D eigenvalue weighted by molar-refractivity contribution is -0.184. The molecule has 1 aliphatic rings. The quantitative estimate of drug-likeness (QED) is 0.641. The molecule has 0 radical (unpaired) electrons. The van der Waals surface area contributed by atoms with E-state index in [4.69, 9.17) is 9.57 Å². The van der Waals surface area contributed by atoms with E-state index in [0.29, 0.717) is 12.8 Å². The van der Waals surface area contributed by atoms with Crippen LogP contribution in [-0.4, -0.2) is 29.8 Å². The lowest BCUT2D eigenvalue weighted by atomic mass is 9.99. The van der Waals surface area contributed by atoms with Gasteiger partial charge < -0.3 is 9.57 Å². The van der Waals surface area contributed by atoms with Gasteiger partial charge in [-0.15, -0.1) is 5.06 Å². The Labute approximate surface area is 165 Å². The van der Waals surface area contributed by atoms with E-state index in [1.807, 2.05) is 79.7 Å². The summed E-state index contributed by atoms with van der Waals surface area (Å²) in [6.45, 7) is 2.21. The third kappa shape index (κ3) is 5.22. The van der Waals surface area contributed by atoms with Crippen LogP contribution in [0.3, 0.4) is 0 Å². The molecular formula is C23H25NO4. The van der Waals surface area contributed by atoms with Crippen molar-refractivity contribution in [2.75, 3.05) is 6.61 Å². The minimum atomic E-state index is -0.618. The van der Waals surface area contributed by atoms with Gasteiger partial charge in [0.25, 0.3) is 0 Å². The number of hydroxylamine groups is 2. The van der Waals surface area contributed by atoms with E-state index in [-0.39, 0.29) is 12.6 Å². The number of carbonyl (C=O) groups is 2. The molecule has 2 atom stereocenters. The van der Waals surface area contributed by atoms with E-state index in [2.05, 4.69) is 0 Å². The first-order valence-electron chi connectivity index (χ1n) is 9.59. The molecule has 2 aromatic carbocycles. The molecule has 5 nitrogen and oxygen atoms in total. The van der Waals surface area contributed by atoms with Crippen LogP contribution >= 0.6 is 0 Å². The maximum Gasteiger partial charge on any atom is 0.443 e. The fraction of sp³-hybridized carbons (Fsp3) is 0.304. The Morgan fingerprint density at radius 3 is 2.43 bits per heavy atom. The standard InChI is InChI=1S/C23H25NO4/c1-2-3-14-20(15-18-10-6-4-7-11-18)22(25)28-24-21(17-27-23(24)26)16-19-12-8-5-9-13-19/h3-14,20-21H,2,15-17H2,1H3/t20-,21+/m0/s1. The Kier molecular flexibility index (Phi) is 6.84. The molecule has 1 fully saturated rings. The lowest BCUT2D eigenvalue weighted by Crippen LogP contribution is -2.39. The average molecular weight is 379 g/mol. The highest BCUT2D eigenvalue weighted by atomic mass is 16.8. The zero-order chi connectivity index (χ0) is 19.8. The first-order valence-corrected chi connectivity index (χ1v) is 9.59. The highest BCUT2D eigenvalue weighted by Crippen LogP contribution is 2.20. The summed E-state index contributed by atoms with van der Waals surface area (Å²) < 4.78 is 5.12. The van der Waals surface area contributed by atoms with Gasteiger partial charge in [0.15, 0.2) is 0 Å². The van der Waals surface area contributed by atoms with Crippen molar-refractivity contribution in [2.45, 2.75) is 32.2 Å². The Hall–Kier alpha value is -3.08. The minimum Gasteiger partial charge on any atom is -0.445 e. The summed E-state index contributed by atoms with van der Waals surface area (Å²) in [6, 6.07) is 19.2. The van der Waals surface area contributed by atoms with Crippen LogP contribution in [-0.2, 0) is 27.2 Å². The molecule has 0 aliphatic carbocycles. The summed E-state index contributed by atoms with van der Waals surface area (Å²) in [6.07, 6.45) is 5.08. The Balaban J connectivity index is 1.69. The van der Waals surface area contributed by atoms with E-state index in [0.717, 1.165) is 22.6 Å². The molecule has 5 heteroatoms. The van der Waals surface area contributed by atoms with Gasteiger partial charge in [-0.1, -0.05) is 79.7 Å². The molecule has 1 saturated heterocycles. The number of hydrogen-bond donors (Lipinski definition) is 0. The topological polar surface area (TPSA) is 55.8 Å². The monoisotopic (exact) mass is 379 g/mol. The molecule has 1 amide bonds. The SMILES string of the molecule is CCC=C[C@@H](Cc1ccccc1)C(=O)ON1C(=O)OC[C@H]1Cc1ccccc1. The Morgan fingerprint density at radius 1 is 1.14 bits per heavy atom. The fourth-order valence-corrected chi connectivity index (χ4v) is 3.15. The van der Waals surface area contributed by atoms with Crippen LogP contribution in [0.2, 0.25) is 0 Å². The van der Waals surface area contributed by atoms with Gasteiger partial charge in [-0.25, -0.2) is 9.59 Å². The van der Waals surface area contributed by atoms with Crippen molar-refractivity contribution in [3.8, 4) is 0 Å². The molecule has 0 spiro atoms. The van der Waals surface area contributed by atoms with E-state index in [9.17, 15) is 9.59 Å². The summed E-state index contributed by atoms with van der Waals surface area (Å²) in [7, 11) is 0. The summed E-state index contributed by atoms with van der Waals surface area (Å²) >= 11 is 0. The number of hydrogen-bond acceptors (Lipinski definition) is 4. The predicted molar refractivity (Wildman–Crippen MR) is 106 cm³/mol. The molecule has 1 heterocycles. The lowest BCUT2D eigenvalue weighted by Gasteiger charge is -2.22. The highest BCUT2D eigenvalue weighted by Gasteiger charge is 2.37. The number of allylic oxidation sites excluding steroid dienone is 1. The number of nitrogens with zero attached hydrogens (tertiary/aromatic N) is 1. The second-order valence-electron chi connectivity index (χ2n) is 6.79. The Morgan fingerprint density at radius 2 is 1.79 bits per heavy atom. The molecular weight excluding hydrogens is 354 g/mol. The zero-order valence-corrected chi connectivity index (χ0v) is 16.0. The van der Waals surface area contributed by atoms with Crippen molar-refractivity contribution in [1.29, 1.82) is 0 Å². The Bertz CT molecular complexity index is 804. The van der Waals surface area contributed by atoms with Gasteiger partial charge in [-0.05, 0) is 30.4 Å². The van der Waals surface area contributed by atoms with Gasteiger partial charge in [-0.2, -0.15) is 0 Å². The van der Waals surface area contributed by atoms with Gasteiger partial charge in [0.05, 0.1) is 5.92 Å². The first-order chi connectivity index (χ1) is 13.7.